The third-order valence-corrected chi connectivity index (χ3v) is 2.91. The molecule has 1 rings (SSSR count). The lowest BCUT2D eigenvalue weighted by molar-refractivity contribution is -0.144. The number of benzene rings is 1. The van der Waals surface area contributed by atoms with Gasteiger partial charge in [-0.05, 0) is 12.1 Å². The van der Waals surface area contributed by atoms with Crippen molar-refractivity contribution in [2.24, 2.45) is 5.73 Å². The molecule has 19 heavy (non-hydrogen) atoms. The van der Waals surface area contributed by atoms with Crippen LogP contribution < -0.4 is 15.2 Å². The SMILES string of the molecule is COc1ccc(C(N)C(F)(F)C(F)F)c(OC)c1Cl. The standard InChI is InChI=1S/C11H12ClF4NO2/c1-18-6-4-3-5(8(19-2)7(6)12)9(17)11(15,16)10(13)14/h3-4,9-10H,17H2,1-2H3. The van der Waals surface area contributed by atoms with Crippen LogP contribution in [0.15, 0.2) is 12.1 Å². The molecule has 0 aliphatic carbocycles. The first kappa shape index (κ1) is 15.8. The van der Waals surface area contributed by atoms with E-state index in [1.807, 2.05) is 0 Å². The molecule has 1 aromatic carbocycles. The molecule has 0 aliphatic rings. The predicted octanol–water partition coefficient (Wildman–Crippen LogP) is 3.26. The number of alkyl halides is 4. The number of halogens is 5. The summed E-state index contributed by atoms with van der Waals surface area (Å²) in [7, 11) is 2.48. The van der Waals surface area contributed by atoms with Gasteiger partial charge in [0.05, 0.1) is 14.2 Å². The highest BCUT2D eigenvalue weighted by molar-refractivity contribution is 6.33. The van der Waals surface area contributed by atoms with E-state index in [2.05, 4.69) is 0 Å². The summed E-state index contributed by atoms with van der Waals surface area (Å²) >= 11 is 5.85. The quantitative estimate of drug-likeness (QED) is 0.849. The summed E-state index contributed by atoms with van der Waals surface area (Å²) in [6, 6.07) is 0.123. The average molecular weight is 302 g/mol. The molecule has 0 bridgehead atoms. The van der Waals surface area contributed by atoms with Crippen molar-refractivity contribution in [3.05, 3.63) is 22.7 Å². The van der Waals surface area contributed by atoms with Crippen LogP contribution in [0.5, 0.6) is 11.5 Å². The molecule has 0 aromatic heterocycles. The van der Waals surface area contributed by atoms with Crippen molar-refractivity contribution in [1.29, 1.82) is 0 Å². The highest BCUT2D eigenvalue weighted by Gasteiger charge is 2.48. The van der Waals surface area contributed by atoms with Crippen LogP contribution in [0.4, 0.5) is 17.6 Å². The molecule has 108 valence electrons. The Bertz CT molecular complexity index is 457. The van der Waals surface area contributed by atoms with Gasteiger partial charge in [-0.3, -0.25) is 0 Å². The molecule has 1 atom stereocenters. The minimum atomic E-state index is -4.40. The van der Waals surface area contributed by atoms with Gasteiger partial charge in [-0.2, -0.15) is 8.78 Å². The molecule has 0 fully saturated rings. The number of methoxy groups -OCH3 is 2. The lowest BCUT2D eigenvalue weighted by Crippen LogP contribution is -2.39. The summed E-state index contributed by atoms with van der Waals surface area (Å²) in [5, 5.41) is -0.108. The van der Waals surface area contributed by atoms with Crippen molar-refractivity contribution in [3.63, 3.8) is 0 Å². The molecule has 0 radical (unpaired) electrons. The van der Waals surface area contributed by atoms with E-state index < -0.39 is 18.4 Å². The average Bonchev–Trinajstić information content (AvgIpc) is 2.37. The van der Waals surface area contributed by atoms with Crippen LogP contribution >= 0.6 is 11.6 Å². The molecular weight excluding hydrogens is 290 g/mol. The summed E-state index contributed by atoms with van der Waals surface area (Å²) in [4.78, 5) is 0. The summed E-state index contributed by atoms with van der Waals surface area (Å²) < 4.78 is 60.8. The Labute approximate surface area is 112 Å². The van der Waals surface area contributed by atoms with E-state index >= 15 is 0 Å². The number of rotatable bonds is 5. The molecule has 0 heterocycles. The van der Waals surface area contributed by atoms with Crippen LogP contribution in [0.3, 0.4) is 0 Å². The lowest BCUT2D eigenvalue weighted by Gasteiger charge is -2.25. The van der Waals surface area contributed by atoms with Crippen LogP contribution in [-0.2, 0) is 0 Å². The Morgan fingerprint density at radius 1 is 1.21 bits per heavy atom. The minimum absolute atomic E-state index is 0.108. The second-order valence-corrected chi connectivity index (χ2v) is 4.04. The first-order valence-corrected chi connectivity index (χ1v) is 5.47. The van der Waals surface area contributed by atoms with E-state index in [1.165, 1.54) is 13.2 Å². The van der Waals surface area contributed by atoms with Gasteiger partial charge in [-0.15, -0.1) is 0 Å². The Morgan fingerprint density at radius 3 is 2.21 bits per heavy atom. The fourth-order valence-corrected chi connectivity index (χ4v) is 1.83. The van der Waals surface area contributed by atoms with Gasteiger partial charge in [0.15, 0.2) is 0 Å². The normalized spacial score (nSPS) is 13.5. The maximum Gasteiger partial charge on any atom is 0.326 e. The first-order chi connectivity index (χ1) is 8.77. The van der Waals surface area contributed by atoms with Crippen LogP contribution in [0.25, 0.3) is 0 Å². The van der Waals surface area contributed by atoms with Gasteiger partial charge < -0.3 is 15.2 Å². The summed E-state index contributed by atoms with van der Waals surface area (Å²) in [5.74, 6) is -4.45. The molecule has 0 aliphatic heterocycles. The number of nitrogens with two attached hydrogens (primary N) is 1. The van der Waals surface area contributed by atoms with Crippen molar-refractivity contribution in [3.8, 4) is 11.5 Å². The highest BCUT2D eigenvalue weighted by Crippen LogP contribution is 2.44. The van der Waals surface area contributed by atoms with E-state index in [1.54, 1.807) is 0 Å². The maximum atomic E-state index is 13.3. The Morgan fingerprint density at radius 2 is 1.79 bits per heavy atom. The van der Waals surface area contributed by atoms with Gasteiger partial charge in [0.25, 0.3) is 0 Å². The minimum Gasteiger partial charge on any atom is -0.495 e. The van der Waals surface area contributed by atoms with Gasteiger partial charge in [-0.1, -0.05) is 11.6 Å². The highest BCUT2D eigenvalue weighted by atomic mass is 35.5. The molecule has 0 saturated carbocycles. The number of ether oxygens (including phenoxy) is 2. The van der Waals surface area contributed by atoms with Gasteiger partial charge in [0, 0.05) is 5.56 Å². The Balaban J connectivity index is 3.32. The Kier molecular flexibility index (Phi) is 4.86. The molecule has 0 spiro atoms. The molecule has 1 aromatic rings. The second kappa shape index (κ2) is 5.83. The van der Waals surface area contributed by atoms with Crippen molar-refractivity contribution in [2.75, 3.05) is 14.2 Å². The monoisotopic (exact) mass is 301 g/mol. The van der Waals surface area contributed by atoms with Gasteiger partial charge in [0.1, 0.15) is 22.6 Å². The predicted molar refractivity (Wildman–Crippen MR) is 62.4 cm³/mol. The summed E-state index contributed by atoms with van der Waals surface area (Å²) in [6.45, 7) is 0. The fourth-order valence-electron chi connectivity index (χ4n) is 1.51. The van der Waals surface area contributed by atoms with Gasteiger partial charge in [0.2, 0.25) is 0 Å². The topological polar surface area (TPSA) is 44.5 Å². The van der Waals surface area contributed by atoms with E-state index in [4.69, 9.17) is 26.8 Å². The van der Waals surface area contributed by atoms with Crippen molar-refractivity contribution < 1.29 is 27.0 Å². The number of hydrogen-bond donors (Lipinski definition) is 1. The van der Waals surface area contributed by atoms with Crippen LogP contribution in [0.2, 0.25) is 5.02 Å². The second-order valence-electron chi connectivity index (χ2n) is 3.66. The third-order valence-electron chi connectivity index (χ3n) is 2.56. The summed E-state index contributed by atoms with van der Waals surface area (Å²) in [6.07, 6.45) is -3.90. The van der Waals surface area contributed by atoms with Crippen molar-refractivity contribution in [1.82, 2.24) is 0 Å². The zero-order chi connectivity index (χ0) is 14.8. The lowest BCUT2D eigenvalue weighted by atomic mass is 10.00. The zero-order valence-corrected chi connectivity index (χ0v) is 10.8. The largest absolute Gasteiger partial charge is 0.495 e. The van der Waals surface area contributed by atoms with E-state index in [-0.39, 0.29) is 22.1 Å². The molecule has 0 saturated heterocycles. The third kappa shape index (κ3) is 2.87. The van der Waals surface area contributed by atoms with Gasteiger partial charge >= 0.3 is 12.3 Å². The molecule has 2 N–H and O–H groups in total. The summed E-state index contributed by atoms with van der Waals surface area (Å²) in [5.41, 5.74) is 4.88. The number of hydrogen-bond acceptors (Lipinski definition) is 3. The molecular formula is C11H12ClF4NO2. The van der Waals surface area contributed by atoms with Crippen LogP contribution in [0.1, 0.15) is 11.6 Å². The maximum absolute atomic E-state index is 13.3. The molecule has 8 heteroatoms. The molecule has 1 unspecified atom stereocenters. The van der Waals surface area contributed by atoms with E-state index in [0.717, 1.165) is 13.2 Å². The zero-order valence-electron chi connectivity index (χ0n) is 10.1. The van der Waals surface area contributed by atoms with E-state index in [0.29, 0.717) is 0 Å². The van der Waals surface area contributed by atoms with Gasteiger partial charge in [-0.25, -0.2) is 8.78 Å². The smallest absolute Gasteiger partial charge is 0.326 e. The van der Waals surface area contributed by atoms with Crippen molar-refractivity contribution in [2.45, 2.75) is 18.4 Å². The van der Waals surface area contributed by atoms with E-state index in [9.17, 15) is 17.6 Å². The van der Waals surface area contributed by atoms with Crippen LogP contribution in [-0.4, -0.2) is 26.6 Å². The molecule has 0 amide bonds. The van der Waals surface area contributed by atoms with Crippen LogP contribution in [0, 0.1) is 0 Å². The Hall–Kier alpha value is -1.21. The van der Waals surface area contributed by atoms with Crippen molar-refractivity contribution >= 4 is 11.6 Å². The first-order valence-electron chi connectivity index (χ1n) is 5.09. The molecule has 3 nitrogen and oxygen atoms in total. The fraction of sp³-hybridized carbons (Fsp3) is 0.455.